The number of carbonyl (C=O) groups excluding carboxylic acids is 2. The molecule has 1 aromatic carbocycles. The molecule has 8 heteroatoms. The van der Waals surface area contributed by atoms with Crippen LogP contribution in [0.3, 0.4) is 0 Å². The Labute approximate surface area is 142 Å². The minimum atomic E-state index is -0.635. The van der Waals surface area contributed by atoms with Crippen LogP contribution in [0.4, 0.5) is 5.88 Å². The minimum absolute atomic E-state index is 0.0659. The molecule has 1 amide bonds. The predicted molar refractivity (Wildman–Crippen MR) is 85.8 cm³/mol. The maximum Gasteiger partial charge on any atom is 0.338 e. The molecule has 1 N–H and O–H groups in total. The molecule has 124 valence electrons. The van der Waals surface area contributed by atoms with E-state index in [0.717, 1.165) is 0 Å². The van der Waals surface area contributed by atoms with Crippen LogP contribution in [0.15, 0.2) is 34.4 Å². The summed E-state index contributed by atoms with van der Waals surface area (Å²) in [5, 5.41) is 6.60. The summed E-state index contributed by atoms with van der Waals surface area (Å²) >= 11 is 5.92. The molecule has 0 atom stereocenters. The molecule has 1 aliphatic rings. The molecule has 0 spiro atoms. The maximum absolute atomic E-state index is 12.0. The van der Waals surface area contributed by atoms with Gasteiger partial charge in [0.1, 0.15) is 12.4 Å². The SMILES string of the molecule is Cc1cc(NC(=O)COC(=O)C2=Cc3cc(Cl)ccc3OC2)on1. The number of anilines is 1. The van der Waals surface area contributed by atoms with Crippen molar-refractivity contribution in [3.63, 3.8) is 0 Å². The number of rotatable bonds is 4. The van der Waals surface area contributed by atoms with E-state index < -0.39 is 18.5 Å². The van der Waals surface area contributed by atoms with Crippen molar-refractivity contribution in [2.45, 2.75) is 6.92 Å². The van der Waals surface area contributed by atoms with Crippen LogP contribution >= 0.6 is 11.6 Å². The van der Waals surface area contributed by atoms with Crippen LogP contribution in [0.2, 0.25) is 5.02 Å². The first kappa shape index (κ1) is 16.1. The van der Waals surface area contributed by atoms with Gasteiger partial charge in [-0.15, -0.1) is 0 Å². The molecule has 0 unspecified atom stereocenters. The van der Waals surface area contributed by atoms with Crippen LogP contribution in [0, 0.1) is 6.92 Å². The Kier molecular flexibility index (Phi) is 4.52. The molecule has 0 saturated carbocycles. The molecule has 0 saturated heterocycles. The summed E-state index contributed by atoms with van der Waals surface area (Å²) < 4.78 is 15.3. The monoisotopic (exact) mass is 348 g/mol. The van der Waals surface area contributed by atoms with Gasteiger partial charge in [0.15, 0.2) is 6.61 Å². The van der Waals surface area contributed by atoms with Crippen LogP contribution in [0.1, 0.15) is 11.3 Å². The van der Waals surface area contributed by atoms with Gasteiger partial charge >= 0.3 is 5.97 Å². The molecule has 0 radical (unpaired) electrons. The minimum Gasteiger partial charge on any atom is -0.488 e. The molecule has 7 nitrogen and oxygen atoms in total. The van der Waals surface area contributed by atoms with Crippen LogP contribution in [0.25, 0.3) is 6.08 Å². The van der Waals surface area contributed by atoms with E-state index in [1.807, 2.05) is 0 Å². The number of nitrogens with zero attached hydrogens (tertiary/aromatic N) is 1. The van der Waals surface area contributed by atoms with Gasteiger partial charge in [-0.3, -0.25) is 10.1 Å². The second-order valence-electron chi connectivity index (χ2n) is 5.10. The van der Waals surface area contributed by atoms with Crippen molar-refractivity contribution in [3.05, 3.63) is 46.1 Å². The van der Waals surface area contributed by atoms with Crippen molar-refractivity contribution in [1.82, 2.24) is 5.16 Å². The number of halogens is 1. The first-order chi connectivity index (χ1) is 11.5. The van der Waals surface area contributed by atoms with Gasteiger partial charge in [-0.2, -0.15) is 0 Å². The second kappa shape index (κ2) is 6.76. The highest BCUT2D eigenvalue weighted by Gasteiger charge is 2.20. The van der Waals surface area contributed by atoms with Gasteiger partial charge < -0.3 is 14.0 Å². The Hall–Kier alpha value is -2.80. The lowest BCUT2D eigenvalue weighted by atomic mass is 10.1. The lowest BCUT2D eigenvalue weighted by molar-refractivity contribution is -0.143. The fourth-order valence-electron chi connectivity index (χ4n) is 2.09. The van der Waals surface area contributed by atoms with Crippen molar-refractivity contribution in [2.24, 2.45) is 0 Å². The van der Waals surface area contributed by atoms with Crippen LogP contribution in [0.5, 0.6) is 5.75 Å². The highest BCUT2D eigenvalue weighted by molar-refractivity contribution is 6.30. The average Bonchev–Trinajstić information content (AvgIpc) is 2.96. The van der Waals surface area contributed by atoms with E-state index in [2.05, 4.69) is 10.5 Å². The number of benzene rings is 1. The number of aryl methyl sites for hydroxylation is 1. The molecule has 0 fully saturated rings. The van der Waals surface area contributed by atoms with Crippen LogP contribution < -0.4 is 10.1 Å². The molecule has 0 aliphatic carbocycles. The number of nitrogens with one attached hydrogen (secondary N) is 1. The lowest BCUT2D eigenvalue weighted by Gasteiger charge is -2.17. The van der Waals surface area contributed by atoms with Gasteiger partial charge in [-0.05, 0) is 31.2 Å². The normalized spacial score (nSPS) is 12.7. The summed E-state index contributed by atoms with van der Waals surface area (Å²) in [5.41, 5.74) is 1.61. The highest BCUT2D eigenvalue weighted by atomic mass is 35.5. The highest BCUT2D eigenvalue weighted by Crippen LogP contribution is 2.29. The third-order valence-corrected chi connectivity index (χ3v) is 3.41. The van der Waals surface area contributed by atoms with Crippen LogP contribution in [-0.4, -0.2) is 30.2 Å². The second-order valence-corrected chi connectivity index (χ2v) is 5.53. The number of ether oxygens (including phenoxy) is 2. The number of esters is 1. The van der Waals surface area contributed by atoms with Crippen molar-refractivity contribution < 1.29 is 23.6 Å². The number of fused-ring (bicyclic) bond motifs is 1. The fourth-order valence-corrected chi connectivity index (χ4v) is 2.27. The summed E-state index contributed by atoms with van der Waals surface area (Å²) in [6.45, 7) is 1.34. The van der Waals surface area contributed by atoms with Gasteiger partial charge in [0, 0.05) is 16.7 Å². The van der Waals surface area contributed by atoms with E-state index in [4.69, 9.17) is 25.6 Å². The Bertz CT molecular complexity index is 828. The molecular weight excluding hydrogens is 336 g/mol. The summed E-state index contributed by atoms with van der Waals surface area (Å²) in [4.78, 5) is 23.7. The Morgan fingerprint density at radius 2 is 2.21 bits per heavy atom. The molecule has 2 aromatic rings. The molecule has 2 heterocycles. The molecule has 0 bridgehead atoms. The summed E-state index contributed by atoms with van der Waals surface area (Å²) in [6, 6.07) is 6.66. The third-order valence-electron chi connectivity index (χ3n) is 3.17. The molecule has 1 aliphatic heterocycles. The number of carbonyl (C=O) groups is 2. The fraction of sp³-hybridized carbons (Fsp3) is 0.188. The van der Waals surface area contributed by atoms with Gasteiger partial charge in [0.2, 0.25) is 5.88 Å². The first-order valence-electron chi connectivity index (χ1n) is 7.04. The molecule has 3 rings (SSSR count). The average molecular weight is 349 g/mol. The summed E-state index contributed by atoms with van der Waals surface area (Å²) in [7, 11) is 0. The standard InChI is InChI=1S/C16H13ClN2O5/c1-9-4-15(24-19-9)18-14(20)8-23-16(21)11-5-10-6-12(17)2-3-13(10)22-7-11/h2-6H,7-8H2,1H3,(H,18,20). The Morgan fingerprint density at radius 3 is 2.96 bits per heavy atom. The molecule has 1 aromatic heterocycles. The van der Waals surface area contributed by atoms with E-state index in [1.165, 1.54) is 0 Å². The van der Waals surface area contributed by atoms with E-state index in [1.54, 1.807) is 37.3 Å². The lowest BCUT2D eigenvalue weighted by Crippen LogP contribution is -2.23. The number of hydrogen-bond donors (Lipinski definition) is 1. The Balaban J connectivity index is 1.58. The quantitative estimate of drug-likeness (QED) is 0.854. The maximum atomic E-state index is 12.0. The van der Waals surface area contributed by atoms with Gasteiger partial charge in [0.05, 0.1) is 11.3 Å². The number of aromatic nitrogens is 1. The predicted octanol–water partition coefficient (Wildman–Crippen LogP) is 2.59. The zero-order valence-corrected chi connectivity index (χ0v) is 13.4. The largest absolute Gasteiger partial charge is 0.488 e. The molecular formula is C16H13ClN2O5. The number of amides is 1. The topological polar surface area (TPSA) is 90.7 Å². The summed E-state index contributed by atoms with van der Waals surface area (Å²) in [6.07, 6.45) is 1.63. The summed E-state index contributed by atoms with van der Waals surface area (Å²) in [5.74, 6) is -0.337. The van der Waals surface area contributed by atoms with Gasteiger partial charge in [-0.25, -0.2) is 4.79 Å². The van der Waals surface area contributed by atoms with E-state index in [-0.39, 0.29) is 12.5 Å². The van der Waals surface area contributed by atoms with E-state index in [0.29, 0.717) is 27.6 Å². The van der Waals surface area contributed by atoms with E-state index >= 15 is 0 Å². The Morgan fingerprint density at radius 1 is 1.38 bits per heavy atom. The first-order valence-corrected chi connectivity index (χ1v) is 7.42. The van der Waals surface area contributed by atoms with Gasteiger partial charge in [-0.1, -0.05) is 16.8 Å². The van der Waals surface area contributed by atoms with Crippen molar-refractivity contribution in [3.8, 4) is 5.75 Å². The van der Waals surface area contributed by atoms with Crippen LogP contribution in [-0.2, 0) is 14.3 Å². The van der Waals surface area contributed by atoms with Crippen molar-refractivity contribution >= 4 is 35.4 Å². The van der Waals surface area contributed by atoms with Crippen molar-refractivity contribution in [1.29, 1.82) is 0 Å². The van der Waals surface area contributed by atoms with Gasteiger partial charge in [0.25, 0.3) is 5.91 Å². The molecule has 24 heavy (non-hydrogen) atoms. The zero-order valence-electron chi connectivity index (χ0n) is 12.7. The third kappa shape index (κ3) is 3.75. The zero-order chi connectivity index (χ0) is 17.1. The smallest absolute Gasteiger partial charge is 0.338 e. The van der Waals surface area contributed by atoms with E-state index in [9.17, 15) is 9.59 Å². The van der Waals surface area contributed by atoms with Crippen molar-refractivity contribution in [2.75, 3.05) is 18.5 Å². The number of hydrogen-bond acceptors (Lipinski definition) is 6.